The monoisotopic (exact) mass is 344 g/mol. The maximum Gasteiger partial charge on any atom is 0.244 e. The summed E-state index contributed by atoms with van der Waals surface area (Å²) in [6.07, 6.45) is 0. The number of thiazole rings is 1. The summed E-state index contributed by atoms with van der Waals surface area (Å²) in [5.74, 6) is 3.43. The SMILES string of the molecule is Cc1nc(N2CCN(Cc3csc(-c4ccc(C)o4)n3)CC2)n[nH]1. The van der Waals surface area contributed by atoms with Crippen molar-refractivity contribution in [3.63, 3.8) is 0 Å². The molecule has 1 aliphatic heterocycles. The number of hydrogen-bond donors (Lipinski definition) is 1. The first-order chi connectivity index (χ1) is 11.7. The molecule has 0 amide bonds. The second-order valence-corrected chi connectivity index (χ2v) is 6.90. The second kappa shape index (κ2) is 6.37. The minimum atomic E-state index is 0.802. The molecule has 3 aromatic heterocycles. The third-order valence-electron chi connectivity index (χ3n) is 4.13. The molecule has 1 N–H and O–H groups in total. The smallest absolute Gasteiger partial charge is 0.244 e. The van der Waals surface area contributed by atoms with Crippen molar-refractivity contribution in [2.75, 3.05) is 31.1 Å². The normalized spacial score (nSPS) is 16.0. The van der Waals surface area contributed by atoms with Crippen molar-refractivity contribution >= 4 is 17.3 Å². The molecule has 1 aliphatic rings. The van der Waals surface area contributed by atoms with E-state index in [1.807, 2.05) is 26.0 Å². The number of rotatable bonds is 4. The zero-order valence-electron chi connectivity index (χ0n) is 13.8. The van der Waals surface area contributed by atoms with Crippen molar-refractivity contribution in [3.05, 3.63) is 34.8 Å². The Labute approximate surface area is 144 Å². The Bertz CT molecular complexity index is 814. The van der Waals surface area contributed by atoms with E-state index in [1.165, 1.54) is 0 Å². The molecule has 8 heteroatoms. The fraction of sp³-hybridized carbons (Fsp3) is 0.438. The third kappa shape index (κ3) is 3.20. The standard InChI is InChI=1S/C16H20N6OS/c1-11-3-4-14(23-11)15-18-13(10-24-15)9-21-5-7-22(8-6-21)16-17-12(2)19-20-16/h3-4,10H,5-9H2,1-2H3,(H,17,19,20). The molecule has 4 heterocycles. The molecule has 0 radical (unpaired) electrons. The lowest BCUT2D eigenvalue weighted by Gasteiger charge is -2.33. The van der Waals surface area contributed by atoms with E-state index in [9.17, 15) is 0 Å². The Hall–Kier alpha value is -2.19. The summed E-state index contributed by atoms with van der Waals surface area (Å²) >= 11 is 1.64. The first kappa shape index (κ1) is 15.3. The highest BCUT2D eigenvalue weighted by atomic mass is 32.1. The predicted molar refractivity (Wildman–Crippen MR) is 93.2 cm³/mol. The van der Waals surface area contributed by atoms with Crippen molar-refractivity contribution in [2.24, 2.45) is 0 Å². The number of H-pyrrole nitrogens is 1. The van der Waals surface area contributed by atoms with Gasteiger partial charge in [-0.2, -0.15) is 4.98 Å². The zero-order chi connectivity index (χ0) is 16.5. The van der Waals surface area contributed by atoms with E-state index >= 15 is 0 Å². The van der Waals surface area contributed by atoms with Gasteiger partial charge in [-0.05, 0) is 26.0 Å². The number of aryl methyl sites for hydroxylation is 2. The van der Waals surface area contributed by atoms with Crippen molar-refractivity contribution in [2.45, 2.75) is 20.4 Å². The van der Waals surface area contributed by atoms with Crippen molar-refractivity contribution in [3.8, 4) is 10.8 Å². The van der Waals surface area contributed by atoms with Crippen LogP contribution in [0.5, 0.6) is 0 Å². The van der Waals surface area contributed by atoms with Gasteiger partial charge in [-0.1, -0.05) is 0 Å². The number of aromatic amines is 1. The van der Waals surface area contributed by atoms with E-state index < -0.39 is 0 Å². The molecular formula is C16H20N6OS. The van der Waals surface area contributed by atoms with E-state index in [0.717, 1.165) is 66.7 Å². The quantitative estimate of drug-likeness (QED) is 0.784. The molecule has 3 aromatic rings. The Morgan fingerprint density at radius 1 is 1.17 bits per heavy atom. The molecule has 0 bridgehead atoms. The Balaban J connectivity index is 1.35. The molecule has 7 nitrogen and oxygen atoms in total. The lowest BCUT2D eigenvalue weighted by Crippen LogP contribution is -2.46. The lowest BCUT2D eigenvalue weighted by molar-refractivity contribution is 0.246. The Morgan fingerprint density at radius 3 is 2.67 bits per heavy atom. The number of aromatic nitrogens is 4. The third-order valence-corrected chi connectivity index (χ3v) is 5.03. The van der Waals surface area contributed by atoms with Gasteiger partial charge in [0, 0.05) is 38.1 Å². The Morgan fingerprint density at radius 2 is 2.00 bits per heavy atom. The van der Waals surface area contributed by atoms with Crippen LogP contribution in [0.15, 0.2) is 21.9 Å². The number of hydrogen-bond acceptors (Lipinski definition) is 7. The number of nitrogens with zero attached hydrogens (tertiary/aromatic N) is 5. The molecule has 24 heavy (non-hydrogen) atoms. The summed E-state index contributed by atoms with van der Waals surface area (Å²) in [5, 5.41) is 10.2. The van der Waals surface area contributed by atoms with Gasteiger partial charge in [-0.25, -0.2) is 4.98 Å². The molecule has 0 spiro atoms. The van der Waals surface area contributed by atoms with Crippen LogP contribution in [0.2, 0.25) is 0 Å². The predicted octanol–water partition coefficient (Wildman–Crippen LogP) is 2.46. The van der Waals surface area contributed by atoms with E-state index in [0.29, 0.717) is 0 Å². The van der Waals surface area contributed by atoms with Crippen LogP contribution in [0.1, 0.15) is 17.3 Å². The minimum absolute atomic E-state index is 0.802. The van der Waals surface area contributed by atoms with Crippen LogP contribution >= 0.6 is 11.3 Å². The summed E-state index contributed by atoms with van der Waals surface area (Å²) in [5.41, 5.74) is 1.10. The highest BCUT2D eigenvalue weighted by Crippen LogP contribution is 2.26. The molecule has 126 valence electrons. The van der Waals surface area contributed by atoms with E-state index in [4.69, 9.17) is 9.40 Å². The Kier molecular flexibility index (Phi) is 4.07. The van der Waals surface area contributed by atoms with Crippen LogP contribution in [0, 0.1) is 13.8 Å². The van der Waals surface area contributed by atoms with Crippen LogP contribution in [-0.4, -0.2) is 51.2 Å². The molecule has 0 saturated carbocycles. The average Bonchev–Trinajstić information content (AvgIpc) is 3.30. The molecule has 0 unspecified atom stereocenters. The molecule has 0 aromatic carbocycles. The first-order valence-electron chi connectivity index (χ1n) is 8.05. The molecule has 4 rings (SSSR count). The molecule has 0 atom stereocenters. The summed E-state index contributed by atoms with van der Waals surface area (Å²) in [6, 6.07) is 3.95. The highest BCUT2D eigenvalue weighted by molar-refractivity contribution is 7.13. The average molecular weight is 344 g/mol. The van der Waals surface area contributed by atoms with Crippen LogP contribution in [-0.2, 0) is 6.54 Å². The van der Waals surface area contributed by atoms with Gasteiger partial charge in [0.05, 0.1) is 5.69 Å². The van der Waals surface area contributed by atoms with Crippen LogP contribution in [0.4, 0.5) is 5.95 Å². The van der Waals surface area contributed by atoms with Gasteiger partial charge in [-0.15, -0.1) is 16.4 Å². The minimum Gasteiger partial charge on any atom is -0.459 e. The highest BCUT2D eigenvalue weighted by Gasteiger charge is 2.20. The van der Waals surface area contributed by atoms with Crippen molar-refractivity contribution in [1.82, 2.24) is 25.1 Å². The van der Waals surface area contributed by atoms with Crippen LogP contribution < -0.4 is 4.90 Å². The number of piperazine rings is 1. The zero-order valence-corrected chi connectivity index (χ0v) is 14.6. The number of anilines is 1. The second-order valence-electron chi connectivity index (χ2n) is 6.04. The number of nitrogens with one attached hydrogen (secondary N) is 1. The fourth-order valence-corrected chi connectivity index (χ4v) is 3.62. The van der Waals surface area contributed by atoms with Gasteiger partial charge in [0.15, 0.2) is 10.8 Å². The molecule has 0 aliphatic carbocycles. The number of furan rings is 1. The fourth-order valence-electron chi connectivity index (χ4n) is 2.85. The van der Waals surface area contributed by atoms with Gasteiger partial charge < -0.3 is 9.32 Å². The maximum absolute atomic E-state index is 5.65. The summed E-state index contributed by atoms with van der Waals surface area (Å²) in [6.45, 7) is 8.59. The van der Waals surface area contributed by atoms with E-state index in [2.05, 4.69) is 30.4 Å². The van der Waals surface area contributed by atoms with Crippen molar-refractivity contribution in [1.29, 1.82) is 0 Å². The van der Waals surface area contributed by atoms with E-state index in [1.54, 1.807) is 11.3 Å². The lowest BCUT2D eigenvalue weighted by atomic mass is 10.3. The van der Waals surface area contributed by atoms with Gasteiger partial charge in [0.1, 0.15) is 11.6 Å². The summed E-state index contributed by atoms with van der Waals surface area (Å²) in [4.78, 5) is 13.7. The first-order valence-corrected chi connectivity index (χ1v) is 8.93. The van der Waals surface area contributed by atoms with Crippen LogP contribution in [0.25, 0.3) is 10.8 Å². The summed E-state index contributed by atoms with van der Waals surface area (Å²) < 4.78 is 5.65. The van der Waals surface area contributed by atoms with Gasteiger partial charge in [0.2, 0.25) is 5.95 Å². The van der Waals surface area contributed by atoms with Crippen LogP contribution in [0.3, 0.4) is 0 Å². The molecular weight excluding hydrogens is 324 g/mol. The van der Waals surface area contributed by atoms with E-state index in [-0.39, 0.29) is 0 Å². The maximum atomic E-state index is 5.65. The van der Waals surface area contributed by atoms with Gasteiger partial charge in [-0.3, -0.25) is 10.00 Å². The summed E-state index contributed by atoms with van der Waals surface area (Å²) in [7, 11) is 0. The van der Waals surface area contributed by atoms with Gasteiger partial charge >= 0.3 is 0 Å². The van der Waals surface area contributed by atoms with Gasteiger partial charge in [0.25, 0.3) is 0 Å². The topological polar surface area (TPSA) is 74.1 Å². The molecule has 1 saturated heterocycles. The van der Waals surface area contributed by atoms with Crippen molar-refractivity contribution < 1.29 is 4.42 Å². The molecule has 1 fully saturated rings. The largest absolute Gasteiger partial charge is 0.459 e.